The number of nitrogens with one attached hydrogen (secondary N) is 1. The number of hydrogen-bond acceptors (Lipinski definition) is 3. The van der Waals surface area contributed by atoms with Crippen LogP contribution in [0, 0.1) is 0 Å². The van der Waals surface area contributed by atoms with Crippen LogP contribution in [0.4, 0.5) is 0 Å². The summed E-state index contributed by atoms with van der Waals surface area (Å²) in [6, 6.07) is 8.24. The zero-order chi connectivity index (χ0) is 18.7. The van der Waals surface area contributed by atoms with E-state index < -0.39 is 0 Å². The van der Waals surface area contributed by atoms with Crippen LogP contribution in [0.15, 0.2) is 35.5 Å². The summed E-state index contributed by atoms with van der Waals surface area (Å²) in [7, 11) is 5.84. The van der Waals surface area contributed by atoms with Crippen molar-refractivity contribution < 1.29 is 4.74 Å². The van der Waals surface area contributed by atoms with Gasteiger partial charge in [0.2, 0.25) is 0 Å². The zero-order valence-corrected chi connectivity index (χ0v) is 16.4. The van der Waals surface area contributed by atoms with Crippen molar-refractivity contribution in [1.29, 1.82) is 0 Å². The molecule has 0 bridgehead atoms. The molecule has 0 aliphatic carbocycles. The van der Waals surface area contributed by atoms with Crippen LogP contribution >= 0.6 is 0 Å². The lowest BCUT2D eigenvalue weighted by Gasteiger charge is -2.23. The van der Waals surface area contributed by atoms with Gasteiger partial charge in [-0.1, -0.05) is 32.0 Å². The summed E-state index contributed by atoms with van der Waals surface area (Å²) in [6.07, 6.45) is 3.17. The largest absolute Gasteiger partial charge is 0.488 e. The molecule has 26 heavy (non-hydrogen) atoms. The quantitative estimate of drug-likeness (QED) is 0.662. The normalized spacial score (nSPS) is 16.5. The van der Waals surface area contributed by atoms with E-state index in [0.717, 1.165) is 36.9 Å². The third kappa shape index (κ3) is 4.00. The van der Waals surface area contributed by atoms with Crippen LogP contribution in [0.3, 0.4) is 0 Å². The number of nitrogens with zero attached hydrogens (tertiary/aromatic N) is 4. The van der Waals surface area contributed by atoms with Crippen LogP contribution in [0.25, 0.3) is 0 Å². The summed E-state index contributed by atoms with van der Waals surface area (Å²) in [4.78, 5) is 6.55. The highest BCUT2D eigenvalue weighted by Crippen LogP contribution is 2.27. The average Bonchev–Trinajstić information content (AvgIpc) is 3.18. The van der Waals surface area contributed by atoms with E-state index in [0.29, 0.717) is 5.92 Å². The second kappa shape index (κ2) is 7.81. The Hall–Kier alpha value is -2.50. The van der Waals surface area contributed by atoms with Gasteiger partial charge >= 0.3 is 0 Å². The highest BCUT2D eigenvalue weighted by atomic mass is 16.5. The number of aliphatic imine (C=N–C) groups is 1. The number of hydrogen-bond donors (Lipinski definition) is 1. The summed E-state index contributed by atoms with van der Waals surface area (Å²) >= 11 is 0. The van der Waals surface area contributed by atoms with Crippen molar-refractivity contribution in [3.8, 4) is 5.75 Å². The van der Waals surface area contributed by atoms with Crippen molar-refractivity contribution >= 4 is 5.96 Å². The van der Waals surface area contributed by atoms with E-state index >= 15 is 0 Å². The second-order valence-corrected chi connectivity index (χ2v) is 7.20. The van der Waals surface area contributed by atoms with Crippen LogP contribution in [-0.4, -0.2) is 47.4 Å². The molecule has 1 aliphatic heterocycles. The molecule has 1 aromatic heterocycles. The Bertz CT molecular complexity index is 755. The van der Waals surface area contributed by atoms with Crippen molar-refractivity contribution in [1.82, 2.24) is 20.0 Å². The maximum absolute atomic E-state index is 6.00. The molecule has 0 fully saturated rings. The fraction of sp³-hybridized carbons (Fsp3) is 0.500. The first-order valence-electron chi connectivity index (χ1n) is 9.16. The standard InChI is InChI=1S/C20H29N5O/c1-14(2)19-16(13-25(5)23-19)12-24(4)20(21-3)22-11-17-10-15-8-6-7-9-18(15)26-17/h6-9,13-14,17H,10-12H2,1-5H3,(H,21,22). The molecule has 0 amide bonds. The summed E-state index contributed by atoms with van der Waals surface area (Å²) in [5.41, 5.74) is 3.65. The highest BCUT2D eigenvalue weighted by Gasteiger charge is 2.23. The van der Waals surface area contributed by atoms with Gasteiger partial charge in [-0.05, 0) is 17.5 Å². The lowest BCUT2D eigenvalue weighted by molar-refractivity contribution is 0.233. The fourth-order valence-electron chi connectivity index (χ4n) is 3.45. The molecule has 6 nitrogen and oxygen atoms in total. The number of aryl methyl sites for hydroxylation is 1. The Kier molecular flexibility index (Phi) is 5.49. The predicted octanol–water partition coefficient (Wildman–Crippen LogP) is 2.55. The first-order chi connectivity index (χ1) is 12.5. The third-order valence-electron chi connectivity index (χ3n) is 4.67. The van der Waals surface area contributed by atoms with E-state index in [1.165, 1.54) is 11.1 Å². The molecule has 1 aromatic carbocycles. The van der Waals surface area contributed by atoms with Gasteiger partial charge in [0.05, 0.1) is 12.2 Å². The van der Waals surface area contributed by atoms with Crippen LogP contribution in [0.5, 0.6) is 5.75 Å². The van der Waals surface area contributed by atoms with Crippen molar-refractivity contribution in [3.63, 3.8) is 0 Å². The van der Waals surface area contributed by atoms with E-state index in [1.807, 2.05) is 30.9 Å². The van der Waals surface area contributed by atoms with Gasteiger partial charge in [-0.25, -0.2) is 0 Å². The Morgan fingerprint density at radius 1 is 1.42 bits per heavy atom. The molecule has 6 heteroatoms. The molecular weight excluding hydrogens is 326 g/mol. The van der Waals surface area contributed by atoms with Gasteiger partial charge in [-0.15, -0.1) is 0 Å². The Morgan fingerprint density at radius 3 is 2.88 bits per heavy atom. The van der Waals surface area contributed by atoms with Crippen molar-refractivity contribution in [3.05, 3.63) is 47.3 Å². The molecule has 0 spiro atoms. The topological polar surface area (TPSA) is 54.7 Å². The van der Waals surface area contributed by atoms with Crippen LogP contribution in [0.2, 0.25) is 0 Å². The number of aromatic nitrogens is 2. The van der Waals surface area contributed by atoms with Gasteiger partial charge in [-0.2, -0.15) is 5.10 Å². The number of guanidine groups is 1. The molecule has 0 saturated carbocycles. The minimum absolute atomic E-state index is 0.141. The molecule has 0 radical (unpaired) electrons. The van der Waals surface area contributed by atoms with Gasteiger partial charge in [0.1, 0.15) is 11.9 Å². The summed E-state index contributed by atoms with van der Waals surface area (Å²) in [5.74, 6) is 2.27. The van der Waals surface area contributed by atoms with E-state index in [1.54, 1.807) is 0 Å². The number of ether oxygens (including phenoxy) is 1. The average molecular weight is 355 g/mol. The molecule has 1 atom stereocenters. The van der Waals surface area contributed by atoms with Gasteiger partial charge in [0, 0.05) is 45.9 Å². The second-order valence-electron chi connectivity index (χ2n) is 7.20. The number of benzene rings is 1. The maximum Gasteiger partial charge on any atom is 0.193 e. The van der Waals surface area contributed by atoms with Crippen LogP contribution in [0.1, 0.15) is 36.6 Å². The van der Waals surface area contributed by atoms with E-state index in [4.69, 9.17) is 4.74 Å². The molecule has 2 aromatic rings. The molecule has 3 rings (SSSR count). The number of fused-ring (bicyclic) bond motifs is 1. The van der Waals surface area contributed by atoms with Gasteiger partial charge in [-0.3, -0.25) is 9.67 Å². The van der Waals surface area contributed by atoms with Crippen LogP contribution in [-0.2, 0) is 20.0 Å². The van der Waals surface area contributed by atoms with Gasteiger partial charge in [0.15, 0.2) is 5.96 Å². The molecule has 1 N–H and O–H groups in total. The zero-order valence-electron chi connectivity index (χ0n) is 16.4. The van der Waals surface area contributed by atoms with Gasteiger partial charge < -0.3 is 15.0 Å². The number of para-hydroxylation sites is 1. The monoisotopic (exact) mass is 355 g/mol. The SMILES string of the molecule is CN=C(NCC1Cc2ccccc2O1)N(C)Cc1cn(C)nc1C(C)C. The Labute approximate surface area is 155 Å². The molecule has 140 valence electrons. The molecule has 1 unspecified atom stereocenters. The van der Waals surface area contributed by atoms with E-state index in [2.05, 4.69) is 59.5 Å². The Morgan fingerprint density at radius 2 is 2.19 bits per heavy atom. The fourth-order valence-corrected chi connectivity index (χ4v) is 3.45. The maximum atomic E-state index is 6.00. The van der Waals surface area contributed by atoms with Crippen molar-refractivity contribution in [2.45, 2.75) is 38.8 Å². The van der Waals surface area contributed by atoms with Gasteiger partial charge in [0.25, 0.3) is 0 Å². The molecule has 2 heterocycles. The van der Waals surface area contributed by atoms with E-state index in [9.17, 15) is 0 Å². The summed E-state index contributed by atoms with van der Waals surface area (Å²) in [6.45, 7) is 5.85. The lowest BCUT2D eigenvalue weighted by Crippen LogP contribution is -2.43. The molecule has 0 saturated heterocycles. The van der Waals surface area contributed by atoms with E-state index in [-0.39, 0.29) is 6.10 Å². The Balaban J connectivity index is 1.58. The third-order valence-corrected chi connectivity index (χ3v) is 4.67. The van der Waals surface area contributed by atoms with Crippen molar-refractivity contribution in [2.75, 3.05) is 20.6 Å². The molecular formula is C20H29N5O. The highest BCUT2D eigenvalue weighted by molar-refractivity contribution is 5.79. The number of rotatable bonds is 5. The first kappa shape index (κ1) is 18.3. The first-order valence-corrected chi connectivity index (χ1v) is 9.16. The van der Waals surface area contributed by atoms with Crippen LogP contribution < -0.4 is 10.1 Å². The molecule has 1 aliphatic rings. The smallest absolute Gasteiger partial charge is 0.193 e. The van der Waals surface area contributed by atoms with Crippen molar-refractivity contribution in [2.24, 2.45) is 12.0 Å². The lowest BCUT2D eigenvalue weighted by atomic mass is 10.1. The summed E-state index contributed by atoms with van der Waals surface area (Å²) < 4.78 is 7.89. The minimum atomic E-state index is 0.141. The summed E-state index contributed by atoms with van der Waals surface area (Å²) in [5, 5.41) is 8.04. The minimum Gasteiger partial charge on any atom is -0.488 e. The predicted molar refractivity (Wildman–Crippen MR) is 105 cm³/mol.